The molecule has 5 rings (SSSR count). The molecule has 1 atom stereocenters. The minimum absolute atomic E-state index is 0.167. The molecule has 4 aromatic heterocycles. The zero-order chi connectivity index (χ0) is 24.5. The van der Waals surface area contributed by atoms with E-state index < -0.39 is 0 Å². The average molecular weight is 464 g/mol. The van der Waals surface area contributed by atoms with Crippen molar-refractivity contribution in [1.29, 1.82) is 0 Å². The Morgan fingerprint density at radius 1 is 1.09 bits per heavy atom. The highest BCUT2D eigenvalue weighted by Crippen LogP contribution is 2.28. The first-order valence-corrected chi connectivity index (χ1v) is 11.3. The van der Waals surface area contributed by atoms with Crippen molar-refractivity contribution < 1.29 is 4.79 Å². The minimum atomic E-state index is -0.349. The van der Waals surface area contributed by atoms with Crippen molar-refractivity contribution in [3.8, 4) is 23.1 Å². The van der Waals surface area contributed by atoms with Crippen molar-refractivity contribution in [2.24, 2.45) is 7.05 Å². The van der Waals surface area contributed by atoms with E-state index in [1.54, 1.807) is 20.0 Å². The summed E-state index contributed by atoms with van der Waals surface area (Å²) >= 11 is 0. The Hall–Kier alpha value is -4.48. The number of amides is 1. The maximum absolute atomic E-state index is 12.4. The Labute approximate surface area is 203 Å². The number of benzene rings is 1. The van der Waals surface area contributed by atoms with E-state index in [4.69, 9.17) is 9.97 Å². The molecule has 35 heavy (non-hydrogen) atoms. The summed E-state index contributed by atoms with van der Waals surface area (Å²) in [5.41, 5.74) is 5.89. The van der Waals surface area contributed by atoms with E-state index in [0.29, 0.717) is 11.5 Å². The third kappa shape index (κ3) is 4.25. The number of anilines is 1. The number of aryl methyl sites for hydroxylation is 2. The Kier molecular flexibility index (Phi) is 5.77. The molecule has 5 aromatic rings. The zero-order valence-electron chi connectivity index (χ0n) is 20.0. The number of aromatic nitrogens is 5. The number of likely N-dealkylation sites (N-methyl/N-ethyl adjacent to an activating group) is 1. The van der Waals surface area contributed by atoms with Gasteiger partial charge in [-0.15, -0.1) is 0 Å². The smallest absolute Gasteiger partial charge is 0.242 e. The fourth-order valence-electron chi connectivity index (χ4n) is 3.97. The zero-order valence-corrected chi connectivity index (χ0v) is 20.0. The highest BCUT2D eigenvalue weighted by molar-refractivity contribution is 5.94. The van der Waals surface area contributed by atoms with Gasteiger partial charge >= 0.3 is 0 Å². The van der Waals surface area contributed by atoms with Crippen LogP contribution in [0.25, 0.3) is 27.8 Å². The van der Waals surface area contributed by atoms with Gasteiger partial charge in [-0.25, -0.2) is 9.97 Å². The molecular weight excluding hydrogens is 438 g/mol. The van der Waals surface area contributed by atoms with Crippen molar-refractivity contribution in [1.82, 2.24) is 29.5 Å². The minimum Gasteiger partial charge on any atom is -0.309 e. The van der Waals surface area contributed by atoms with Gasteiger partial charge in [0, 0.05) is 29.8 Å². The molecule has 1 unspecified atom stereocenters. The first kappa shape index (κ1) is 22.3. The molecule has 0 aliphatic rings. The normalized spacial score (nSPS) is 11.9. The number of nitrogens with zero attached hydrogens (tertiary/aromatic N) is 5. The lowest BCUT2D eigenvalue weighted by atomic mass is 10.1. The van der Waals surface area contributed by atoms with Gasteiger partial charge in [-0.05, 0) is 69.3 Å². The predicted molar refractivity (Wildman–Crippen MR) is 137 cm³/mol. The SMILES string of the molecule is CNC(C)C(=O)Nc1ccc(-c2c(C)nc3ccccn23)c(C#Cc2ccc3cnn(C)c3c2)n1. The van der Waals surface area contributed by atoms with Crippen molar-refractivity contribution >= 4 is 28.3 Å². The molecular formula is C27H25N7O. The standard InChI is InChI=1S/C27H25N7O/c1-17-26(34-14-6-5-7-25(34)30-17)21-11-13-24(32-27(35)18(2)28-3)31-22(21)12-9-19-8-10-20-16-29-33(4)23(20)15-19/h5-8,10-11,13-16,18,28H,1-4H3,(H,31,32,35). The van der Waals surface area contributed by atoms with Crippen LogP contribution in [-0.2, 0) is 11.8 Å². The molecule has 0 bridgehead atoms. The van der Waals surface area contributed by atoms with Gasteiger partial charge in [0.2, 0.25) is 5.91 Å². The van der Waals surface area contributed by atoms with Crippen LogP contribution in [0.4, 0.5) is 5.82 Å². The van der Waals surface area contributed by atoms with Crippen LogP contribution in [0.3, 0.4) is 0 Å². The number of hydrogen-bond donors (Lipinski definition) is 2. The monoisotopic (exact) mass is 463 g/mol. The topological polar surface area (TPSA) is 89.1 Å². The van der Waals surface area contributed by atoms with E-state index >= 15 is 0 Å². The van der Waals surface area contributed by atoms with Gasteiger partial charge in [-0.2, -0.15) is 5.10 Å². The Balaban J connectivity index is 1.63. The molecule has 1 amide bonds. The molecule has 0 fully saturated rings. The van der Waals surface area contributed by atoms with Gasteiger partial charge in [-0.3, -0.25) is 13.9 Å². The van der Waals surface area contributed by atoms with Crippen molar-refractivity contribution in [3.63, 3.8) is 0 Å². The molecule has 0 aliphatic heterocycles. The lowest BCUT2D eigenvalue weighted by Gasteiger charge is -2.12. The van der Waals surface area contributed by atoms with Gasteiger partial charge < -0.3 is 10.6 Å². The predicted octanol–water partition coefficient (Wildman–Crippen LogP) is 3.54. The fraction of sp³-hybridized carbons (Fsp3) is 0.185. The van der Waals surface area contributed by atoms with Gasteiger partial charge in [0.15, 0.2) is 0 Å². The molecule has 0 saturated carbocycles. The lowest BCUT2D eigenvalue weighted by Crippen LogP contribution is -2.35. The van der Waals surface area contributed by atoms with Crippen molar-refractivity contribution in [3.05, 3.63) is 77.9 Å². The van der Waals surface area contributed by atoms with Gasteiger partial charge in [0.05, 0.1) is 29.1 Å². The summed E-state index contributed by atoms with van der Waals surface area (Å²) in [6.07, 6.45) is 3.81. The number of nitrogens with one attached hydrogen (secondary N) is 2. The van der Waals surface area contributed by atoms with Crippen LogP contribution in [0.1, 0.15) is 23.9 Å². The second kappa shape index (κ2) is 9.05. The fourth-order valence-corrected chi connectivity index (χ4v) is 3.97. The van der Waals surface area contributed by atoms with Crippen molar-refractivity contribution in [2.75, 3.05) is 12.4 Å². The first-order chi connectivity index (χ1) is 16.9. The quantitative estimate of drug-likeness (QED) is 0.398. The van der Waals surface area contributed by atoms with Gasteiger partial charge in [0.1, 0.15) is 17.2 Å². The molecule has 1 aromatic carbocycles. The van der Waals surface area contributed by atoms with E-state index in [2.05, 4.69) is 27.6 Å². The number of imidazole rings is 1. The molecule has 8 nitrogen and oxygen atoms in total. The Morgan fingerprint density at radius 3 is 2.77 bits per heavy atom. The second-order valence-electron chi connectivity index (χ2n) is 8.36. The van der Waals surface area contributed by atoms with Crippen LogP contribution in [0.15, 0.2) is 60.9 Å². The van der Waals surface area contributed by atoms with E-state index in [0.717, 1.165) is 39.1 Å². The van der Waals surface area contributed by atoms with E-state index in [-0.39, 0.29) is 11.9 Å². The van der Waals surface area contributed by atoms with Crippen molar-refractivity contribution in [2.45, 2.75) is 19.9 Å². The highest BCUT2D eigenvalue weighted by Gasteiger charge is 2.17. The number of fused-ring (bicyclic) bond motifs is 2. The maximum Gasteiger partial charge on any atom is 0.242 e. The lowest BCUT2D eigenvalue weighted by molar-refractivity contribution is -0.117. The van der Waals surface area contributed by atoms with E-state index in [9.17, 15) is 4.79 Å². The number of carbonyl (C=O) groups is 1. The summed E-state index contributed by atoms with van der Waals surface area (Å²) < 4.78 is 3.85. The van der Waals surface area contributed by atoms with Crippen LogP contribution in [0.2, 0.25) is 0 Å². The van der Waals surface area contributed by atoms with Gasteiger partial charge in [-0.1, -0.05) is 12.0 Å². The third-order valence-corrected chi connectivity index (χ3v) is 6.01. The molecule has 0 spiro atoms. The summed E-state index contributed by atoms with van der Waals surface area (Å²) in [6, 6.07) is 15.3. The summed E-state index contributed by atoms with van der Waals surface area (Å²) in [5.74, 6) is 6.77. The molecule has 174 valence electrons. The van der Waals surface area contributed by atoms with Gasteiger partial charge in [0.25, 0.3) is 0 Å². The molecule has 0 saturated heterocycles. The van der Waals surface area contributed by atoms with Crippen LogP contribution in [-0.4, -0.2) is 43.1 Å². The van der Waals surface area contributed by atoms with E-state index in [1.165, 1.54) is 0 Å². The molecule has 8 heteroatoms. The summed E-state index contributed by atoms with van der Waals surface area (Å²) in [5, 5.41) is 11.2. The van der Waals surface area contributed by atoms with Crippen LogP contribution in [0.5, 0.6) is 0 Å². The summed E-state index contributed by atoms with van der Waals surface area (Å²) in [4.78, 5) is 21.9. The highest BCUT2D eigenvalue weighted by atomic mass is 16.2. The first-order valence-electron chi connectivity index (χ1n) is 11.3. The molecule has 0 aliphatic carbocycles. The maximum atomic E-state index is 12.4. The molecule has 2 N–H and O–H groups in total. The number of carbonyl (C=O) groups excluding carboxylic acids is 1. The van der Waals surface area contributed by atoms with Crippen LogP contribution < -0.4 is 10.6 Å². The van der Waals surface area contributed by atoms with E-state index in [1.807, 2.05) is 77.9 Å². The summed E-state index contributed by atoms with van der Waals surface area (Å²) in [6.45, 7) is 3.76. The third-order valence-electron chi connectivity index (χ3n) is 6.01. The number of hydrogen-bond acceptors (Lipinski definition) is 5. The number of pyridine rings is 2. The average Bonchev–Trinajstić information content (AvgIpc) is 3.40. The summed E-state index contributed by atoms with van der Waals surface area (Å²) in [7, 11) is 3.65. The second-order valence-corrected chi connectivity index (χ2v) is 8.36. The largest absolute Gasteiger partial charge is 0.309 e. The Bertz CT molecular complexity index is 1630. The van der Waals surface area contributed by atoms with Crippen LogP contribution in [0, 0.1) is 18.8 Å². The molecule has 4 heterocycles. The Morgan fingerprint density at radius 2 is 1.94 bits per heavy atom. The number of rotatable bonds is 4. The molecule has 0 radical (unpaired) electrons. The van der Waals surface area contributed by atoms with Crippen LogP contribution >= 0.6 is 0 Å².